The molecule has 1 saturated heterocycles. The van der Waals surface area contributed by atoms with E-state index >= 15 is 0 Å². The maximum absolute atomic E-state index is 12.4. The highest BCUT2D eigenvalue weighted by Gasteiger charge is 2.24. The average molecular weight is 353 g/mol. The molecule has 1 aromatic heterocycles. The third-order valence-electron chi connectivity index (χ3n) is 4.45. The first-order valence-electron chi connectivity index (χ1n) is 8.82. The van der Waals surface area contributed by atoms with Gasteiger partial charge in [0.05, 0.1) is 0 Å². The van der Waals surface area contributed by atoms with Crippen LogP contribution in [0.2, 0.25) is 0 Å². The van der Waals surface area contributed by atoms with E-state index in [2.05, 4.69) is 25.5 Å². The van der Waals surface area contributed by atoms with Crippen molar-refractivity contribution in [3.05, 3.63) is 54.4 Å². The molecule has 1 aliphatic heterocycles. The van der Waals surface area contributed by atoms with Gasteiger partial charge in [-0.2, -0.15) is 0 Å². The summed E-state index contributed by atoms with van der Waals surface area (Å²) in [5.41, 5.74) is 0.545. The van der Waals surface area contributed by atoms with Crippen LogP contribution in [0.25, 0.3) is 0 Å². The summed E-state index contributed by atoms with van der Waals surface area (Å²) < 4.78 is 0. The van der Waals surface area contributed by atoms with Crippen LogP contribution in [0, 0.1) is 0 Å². The number of nitrogens with zero attached hydrogens (tertiary/aromatic N) is 3. The van der Waals surface area contributed by atoms with Gasteiger partial charge in [-0.15, -0.1) is 0 Å². The monoisotopic (exact) mass is 353 g/mol. The lowest BCUT2D eigenvalue weighted by molar-refractivity contribution is -0.123. The van der Waals surface area contributed by atoms with Gasteiger partial charge in [0.25, 0.3) is 5.91 Å². The van der Waals surface area contributed by atoms with Crippen LogP contribution in [-0.4, -0.2) is 47.0 Å². The summed E-state index contributed by atoms with van der Waals surface area (Å²) in [7, 11) is 0. The summed E-state index contributed by atoms with van der Waals surface area (Å²) in [4.78, 5) is 35.1. The van der Waals surface area contributed by atoms with Crippen LogP contribution < -0.4 is 15.5 Å². The van der Waals surface area contributed by atoms with Crippen LogP contribution in [0.1, 0.15) is 30.1 Å². The van der Waals surface area contributed by atoms with Gasteiger partial charge in [-0.05, 0) is 38.0 Å². The molecule has 0 saturated carbocycles. The number of anilines is 1. The van der Waals surface area contributed by atoms with Gasteiger partial charge in [-0.25, -0.2) is 9.97 Å². The first-order chi connectivity index (χ1) is 12.6. The molecular formula is C19H23N5O2. The number of nitrogens with one attached hydrogen (secondary N) is 2. The van der Waals surface area contributed by atoms with Crippen molar-refractivity contribution in [1.29, 1.82) is 0 Å². The van der Waals surface area contributed by atoms with Gasteiger partial charge in [0.15, 0.2) is 0 Å². The molecule has 1 aliphatic rings. The Morgan fingerprint density at radius 1 is 1.08 bits per heavy atom. The minimum absolute atomic E-state index is 0.0959. The second-order valence-corrected chi connectivity index (χ2v) is 6.38. The predicted molar refractivity (Wildman–Crippen MR) is 98.8 cm³/mol. The number of amides is 2. The number of carbonyl (C=O) groups excluding carboxylic acids is 2. The Balaban J connectivity index is 1.46. The largest absolute Gasteiger partial charge is 0.351 e. The molecule has 0 bridgehead atoms. The summed E-state index contributed by atoms with van der Waals surface area (Å²) >= 11 is 0. The van der Waals surface area contributed by atoms with Gasteiger partial charge in [0.2, 0.25) is 11.9 Å². The van der Waals surface area contributed by atoms with E-state index in [1.165, 1.54) is 0 Å². The van der Waals surface area contributed by atoms with Crippen LogP contribution in [0.3, 0.4) is 0 Å². The Morgan fingerprint density at radius 2 is 1.73 bits per heavy atom. The molecule has 2 N–H and O–H groups in total. The first kappa shape index (κ1) is 17.8. The normalized spacial score (nSPS) is 16.0. The molecule has 0 radical (unpaired) electrons. The second kappa shape index (κ2) is 8.42. The topological polar surface area (TPSA) is 87.2 Å². The van der Waals surface area contributed by atoms with E-state index in [1.807, 2.05) is 6.07 Å². The van der Waals surface area contributed by atoms with E-state index in [0.717, 1.165) is 31.9 Å². The molecule has 1 fully saturated rings. The Kier molecular flexibility index (Phi) is 5.78. The molecule has 0 aliphatic carbocycles. The molecule has 3 rings (SSSR count). The zero-order valence-electron chi connectivity index (χ0n) is 14.8. The van der Waals surface area contributed by atoms with E-state index < -0.39 is 6.04 Å². The van der Waals surface area contributed by atoms with Crippen molar-refractivity contribution >= 4 is 17.8 Å². The maximum Gasteiger partial charge on any atom is 0.251 e. The molecule has 1 unspecified atom stereocenters. The van der Waals surface area contributed by atoms with Gasteiger partial charge in [0, 0.05) is 37.1 Å². The quantitative estimate of drug-likeness (QED) is 0.848. The molecule has 7 heteroatoms. The van der Waals surface area contributed by atoms with E-state index in [4.69, 9.17) is 0 Å². The summed E-state index contributed by atoms with van der Waals surface area (Å²) in [5, 5.41) is 5.77. The van der Waals surface area contributed by atoms with Crippen molar-refractivity contribution in [2.75, 3.05) is 18.0 Å². The molecule has 0 spiro atoms. The fourth-order valence-electron chi connectivity index (χ4n) is 2.94. The molecule has 1 aromatic carbocycles. The molecule has 26 heavy (non-hydrogen) atoms. The van der Waals surface area contributed by atoms with Crippen molar-refractivity contribution in [3.63, 3.8) is 0 Å². The highest BCUT2D eigenvalue weighted by atomic mass is 16.2. The lowest BCUT2D eigenvalue weighted by Crippen LogP contribution is -2.51. The zero-order chi connectivity index (χ0) is 18.4. The Labute approximate surface area is 152 Å². The van der Waals surface area contributed by atoms with Crippen LogP contribution in [0.4, 0.5) is 5.95 Å². The maximum atomic E-state index is 12.4. The van der Waals surface area contributed by atoms with Crippen molar-refractivity contribution < 1.29 is 9.59 Å². The minimum atomic E-state index is -0.585. The number of aromatic nitrogens is 2. The summed E-state index contributed by atoms with van der Waals surface area (Å²) in [5.74, 6) is 0.314. The van der Waals surface area contributed by atoms with E-state index in [0.29, 0.717) is 5.56 Å². The standard InChI is InChI=1S/C19H23N5O2/c1-14(22-18(26)15-6-3-2-4-7-15)17(25)23-16-8-12-24(13-9-16)19-20-10-5-11-21-19/h2-7,10-11,14,16H,8-9,12-13H2,1H3,(H,22,26)(H,23,25). The van der Waals surface area contributed by atoms with Crippen molar-refractivity contribution in [1.82, 2.24) is 20.6 Å². The molecule has 7 nitrogen and oxygen atoms in total. The van der Waals surface area contributed by atoms with E-state index in [-0.39, 0.29) is 17.9 Å². The minimum Gasteiger partial charge on any atom is -0.351 e. The van der Waals surface area contributed by atoms with Crippen LogP contribution in [0.15, 0.2) is 48.8 Å². The number of rotatable bonds is 5. The van der Waals surface area contributed by atoms with Crippen molar-refractivity contribution in [3.8, 4) is 0 Å². The molecule has 2 aromatic rings. The smallest absolute Gasteiger partial charge is 0.251 e. The van der Waals surface area contributed by atoms with E-state index in [9.17, 15) is 9.59 Å². The first-order valence-corrected chi connectivity index (χ1v) is 8.82. The van der Waals surface area contributed by atoms with Gasteiger partial charge < -0.3 is 15.5 Å². The summed E-state index contributed by atoms with van der Waals surface area (Å²) in [6.07, 6.45) is 5.10. The van der Waals surface area contributed by atoms with Gasteiger partial charge in [-0.1, -0.05) is 18.2 Å². The number of carbonyl (C=O) groups is 2. The molecular weight excluding hydrogens is 330 g/mol. The molecule has 1 atom stereocenters. The molecule has 2 heterocycles. The molecule has 2 amide bonds. The number of benzene rings is 1. The number of hydrogen-bond acceptors (Lipinski definition) is 5. The lowest BCUT2D eigenvalue weighted by Gasteiger charge is -2.32. The second-order valence-electron chi connectivity index (χ2n) is 6.38. The third kappa shape index (κ3) is 4.56. The average Bonchev–Trinajstić information content (AvgIpc) is 2.70. The lowest BCUT2D eigenvalue weighted by atomic mass is 10.0. The van der Waals surface area contributed by atoms with Crippen molar-refractivity contribution in [2.45, 2.75) is 31.8 Å². The summed E-state index contributed by atoms with van der Waals surface area (Å²) in [6, 6.07) is 10.2. The van der Waals surface area contributed by atoms with Gasteiger partial charge in [0.1, 0.15) is 6.04 Å². The number of piperidine rings is 1. The number of hydrogen-bond donors (Lipinski definition) is 2. The van der Waals surface area contributed by atoms with Crippen LogP contribution >= 0.6 is 0 Å². The van der Waals surface area contributed by atoms with Gasteiger partial charge >= 0.3 is 0 Å². The molecule has 136 valence electrons. The Hall–Kier alpha value is -2.96. The van der Waals surface area contributed by atoms with Crippen molar-refractivity contribution in [2.24, 2.45) is 0 Å². The zero-order valence-corrected chi connectivity index (χ0v) is 14.8. The predicted octanol–water partition coefficient (Wildman–Crippen LogP) is 1.38. The Bertz CT molecular complexity index is 730. The Morgan fingerprint density at radius 3 is 2.38 bits per heavy atom. The summed E-state index contributed by atoms with van der Waals surface area (Å²) in [6.45, 7) is 3.28. The van der Waals surface area contributed by atoms with Crippen LogP contribution in [0.5, 0.6) is 0 Å². The fraction of sp³-hybridized carbons (Fsp3) is 0.368. The van der Waals surface area contributed by atoms with Gasteiger partial charge in [-0.3, -0.25) is 9.59 Å². The van der Waals surface area contributed by atoms with E-state index in [1.54, 1.807) is 49.6 Å². The fourth-order valence-corrected chi connectivity index (χ4v) is 2.94. The van der Waals surface area contributed by atoms with Crippen LogP contribution in [-0.2, 0) is 4.79 Å². The highest BCUT2D eigenvalue weighted by Crippen LogP contribution is 2.15. The third-order valence-corrected chi connectivity index (χ3v) is 4.45. The highest BCUT2D eigenvalue weighted by molar-refractivity contribution is 5.97. The SMILES string of the molecule is CC(NC(=O)c1ccccc1)C(=O)NC1CCN(c2ncccn2)CC1.